The number of hydrogen-bond donors (Lipinski definition) is 2. The van der Waals surface area contributed by atoms with Crippen LogP contribution in [-0.4, -0.2) is 84.6 Å². The molecule has 2 N–H and O–H groups in total. The zero-order valence-electron chi connectivity index (χ0n) is 14.4. The molecule has 2 amide bonds. The number of nitrogens with zero attached hydrogens (tertiary/aromatic N) is 2. The summed E-state index contributed by atoms with van der Waals surface area (Å²) in [5.41, 5.74) is 0. The molecule has 3 aliphatic rings. The minimum atomic E-state index is -3.21. The van der Waals surface area contributed by atoms with E-state index in [1.807, 2.05) is 4.90 Å². The lowest BCUT2D eigenvalue weighted by Crippen LogP contribution is -2.63. The number of carboxylic acids is 1. The van der Waals surface area contributed by atoms with Crippen molar-refractivity contribution in [1.82, 2.24) is 15.1 Å². The van der Waals surface area contributed by atoms with Crippen molar-refractivity contribution >= 4 is 21.8 Å². The second-order valence-corrected chi connectivity index (χ2v) is 9.52. The van der Waals surface area contributed by atoms with Crippen LogP contribution in [0, 0.1) is 0 Å². The van der Waals surface area contributed by atoms with E-state index in [9.17, 15) is 18.0 Å². The van der Waals surface area contributed by atoms with Gasteiger partial charge in [0, 0.05) is 31.7 Å². The normalized spacial score (nSPS) is 30.0. The Balaban J connectivity index is 1.67. The van der Waals surface area contributed by atoms with Crippen molar-refractivity contribution in [3.63, 3.8) is 0 Å². The maximum absolute atomic E-state index is 12.7. The van der Waals surface area contributed by atoms with Crippen molar-refractivity contribution in [3.05, 3.63) is 0 Å². The average molecular weight is 373 g/mol. The Morgan fingerprint density at radius 1 is 1.04 bits per heavy atom. The van der Waals surface area contributed by atoms with E-state index in [1.54, 1.807) is 4.90 Å². The molecule has 0 spiro atoms. The highest BCUT2D eigenvalue weighted by molar-refractivity contribution is 7.91. The van der Waals surface area contributed by atoms with E-state index in [2.05, 4.69) is 5.32 Å². The molecular weight excluding hydrogens is 346 g/mol. The van der Waals surface area contributed by atoms with Crippen molar-refractivity contribution in [1.29, 1.82) is 0 Å². The van der Waals surface area contributed by atoms with Crippen LogP contribution in [0.2, 0.25) is 0 Å². The van der Waals surface area contributed by atoms with Gasteiger partial charge in [0.25, 0.3) is 0 Å². The number of carboxylic acid groups (broad SMARTS) is 1. The van der Waals surface area contributed by atoms with Crippen LogP contribution >= 0.6 is 0 Å². The lowest BCUT2D eigenvalue weighted by atomic mass is 9.95. The highest BCUT2D eigenvalue weighted by Crippen LogP contribution is 2.27. The summed E-state index contributed by atoms with van der Waals surface area (Å²) >= 11 is 0. The van der Waals surface area contributed by atoms with Crippen molar-refractivity contribution in [2.24, 2.45) is 0 Å². The van der Waals surface area contributed by atoms with E-state index < -0.39 is 15.8 Å². The quantitative estimate of drug-likeness (QED) is 0.733. The molecule has 1 saturated carbocycles. The van der Waals surface area contributed by atoms with Crippen LogP contribution in [0.3, 0.4) is 0 Å². The molecule has 0 bridgehead atoms. The zero-order valence-corrected chi connectivity index (χ0v) is 15.2. The molecule has 0 aromatic heterocycles. The molecule has 2 heterocycles. The van der Waals surface area contributed by atoms with Gasteiger partial charge in [-0.2, -0.15) is 0 Å². The van der Waals surface area contributed by atoms with Gasteiger partial charge in [-0.3, -0.25) is 9.69 Å². The van der Waals surface area contributed by atoms with E-state index >= 15 is 0 Å². The maximum atomic E-state index is 12.7. The SMILES string of the molecule is O=C(O)CCN1CCN(C(=O)NC2CCCCC2)[C@@H]2CS(=O)(=O)C[C@@H]21. The standard InChI is InChI=1S/C16H27N3O5S/c20-15(21)6-7-18-8-9-19(14-11-25(23,24)10-13(14)18)16(22)17-12-4-2-1-3-5-12/h12-14H,1-11H2,(H,17,22)(H,20,21)/t13-,14+/m0/s1. The van der Waals surface area contributed by atoms with Gasteiger partial charge in [-0.1, -0.05) is 19.3 Å². The summed E-state index contributed by atoms with van der Waals surface area (Å²) in [4.78, 5) is 27.1. The van der Waals surface area contributed by atoms with E-state index in [0.717, 1.165) is 25.7 Å². The molecule has 0 unspecified atom stereocenters. The molecule has 25 heavy (non-hydrogen) atoms. The smallest absolute Gasteiger partial charge is 0.317 e. The van der Waals surface area contributed by atoms with Crippen molar-refractivity contribution in [2.45, 2.75) is 56.7 Å². The Bertz CT molecular complexity index is 617. The third-order valence-electron chi connectivity index (χ3n) is 5.60. The third kappa shape index (κ3) is 4.44. The molecule has 8 nitrogen and oxygen atoms in total. The van der Waals surface area contributed by atoms with Gasteiger partial charge < -0.3 is 15.3 Å². The van der Waals surface area contributed by atoms with Gasteiger partial charge in [0.15, 0.2) is 9.84 Å². The number of sulfone groups is 1. The molecular formula is C16H27N3O5S. The number of carbonyl (C=O) groups excluding carboxylic acids is 1. The number of amides is 2. The molecule has 3 rings (SSSR count). The monoisotopic (exact) mass is 373 g/mol. The van der Waals surface area contributed by atoms with E-state index in [4.69, 9.17) is 5.11 Å². The molecule has 1 aliphatic carbocycles. The van der Waals surface area contributed by atoms with Crippen LogP contribution in [0.1, 0.15) is 38.5 Å². The number of hydrogen-bond acceptors (Lipinski definition) is 5. The Morgan fingerprint density at radius 2 is 1.72 bits per heavy atom. The van der Waals surface area contributed by atoms with Gasteiger partial charge in [0.05, 0.1) is 24.0 Å². The van der Waals surface area contributed by atoms with Gasteiger partial charge in [-0.25, -0.2) is 13.2 Å². The van der Waals surface area contributed by atoms with Gasteiger partial charge in [0.1, 0.15) is 0 Å². The fraction of sp³-hybridized carbons (Fsp3) is 0.875. The predicted molar refractivity (Wildman–Crippen MR) is 92.2 cm³/mol. The number of aliphatic carboxylic acids is 1. The molecule has 2 aliphatic heterocycles. The number of piperazine rings is 1. The number of urea groups is 1. The van der Waals surface area contributed by atoms with E-state index in [1.165, 1.54) is 6.42 Å². The van der Waals surface area contributed by atoms with Crippen LogP contribution in [0.5, 0.6) is 0 Å². The van der Waals surface area contributed by atoms with Gasteiger partial charge in [-0.05, 0) is 12.8 Å². The summed E-state index contributed by atoms with van der Waals surface area (Å²) in [5.74, 6) is -0.918. The van der Waals surface area contributed by atoms with Crippen LogP contribution in [0.25, 0.3) is 0 Å². The molecule has 0 aromatic rings. The van der Waals surface area contributed by atoms with Gasteiger partial charge >= 0.3 is 12.0 Å². The fourth-order valence-corrected chi connectivity index (χ4v) is 6.31. The van der Waals surface area contributed by atoms with Crippen molar-refractivity contribution < 1.29 is 23.1 Å². The highest BCUT2D eigenvalue weighted by atomic mass is 32.2. The molecule has 0 radical (unpaired) electrons. The Morgan fingerprint density at radius 3 is 2.40 bits per heavy atom. The lowest BCUT2D eigenvalue weighted by molar-refractivity contribution is -0.137. The average Bonchev–Trinajstić information content (AvgIpc) is 2.88. The van der Waals surface area contributed by atoms with Crippen LogP contribution in [0.4, 0.5) is 4.79 Å². The second kappa shape index (κ2) is 7.49. The Hall–Kier alpha value is -1.35. The summed E-state index contributed by atoms with van der Waals surface area (Å²) in [5, 5.41) is 12.0. The first-order valence-electron chi connectivity index (χ1n) is 9.09. The van der Waals surface area contributed by atoms with Crippen molar-refractivity contribution in [3.8, 4) is 0 Å². The summed E-state index contributed by atoms with van der Waals surface area (Å²) in [6.07, 6.45) is 5.39. The molecule has 0 aromatic carbocycles. The third-order valence-corrected chi connectivity index (χ3v) is 7.30. The number of rotatable bonds is 4. The first-order chi connectivity index (χ1) is 11.9. The molecule has 9 heteroatoms. The van der Waals surface area contributed by atoms with Crippen LogP contribution in [0.15, 0.2) is 0 Å². The Kier molecular flexibility index (Phi) is 5.52. The summed E-state index contributed by atoms with van der Waals surface area (Å²) in [6.45, 7) is 1.28. The fourth-order valence-electron chi connectivity index (χ4n) is 4.30. The second-order valence-electron chi connectivity index (χ2n) is 7.37. The summed E-state index contributed by atoms with van der Waals surface area (Å²) < 4.78 is 24.3. The number of carbonyl (C=O) groups is 2. The van der Waals surface area contributed by atoms with Gasteiger partial charge in [-0.15, -0.1) is 0 Å². The maximum Gasteiger partial charge on any atom is 0.317 e. The predicted octanol–water partition coefficient (Wildman–Crippen LogP) is 0.287. The minimum absolute atomic E-state index is 0.00446. The molecule has 2 saturated heterocycles. The minimum Gasteiger partial charge on any atom is -0.481 e. The van der Waals surface area contributed by atoms with Crippen molar-refractivity contribution in [2.75, 3.05) is 31.1 Å². The molecule has 142 valence electrons. The van der Waals surface area contributed by atoms with Crippen LogP contribution < -0.4 is 5.32 Å². The first-order valence-corrected chi connectivity index (χ1v) is 10.9. The molecule has 2 atom stereocenters. The Labute approximate surface area is 148 Å². The number of nitrogens with one attached hydrogen (secondary N) is 1. The van der Waals surface area contributed by atoms with E-state index in [-0.39, 0.29) is 42.1 Å². The number of fused-ring (bicyclic) bond motifs is 1. The largest absolute Gasteiger partial charge is 0.481 e. The highest BCUT2D eigenvalue weighted by Gasteiger charge is 2.48. The lowest BCUT2D eigenvalue weighted by Gasteiger charge is -2.44. The summed E-state index contributed by atoms with van der Waals surface area (Å²) in [7, 11) is -3.21. The summed E-state index contributed by atoms with van der Waals surface area (Å²) in [6, 6.07) is -0.661. The molecule has 3 fully saturated rings. The van der Waals surface area contributed by atoms with Crippen LogP contribution in [-0.2, 0) is 14.6 Å². The zero-order chi connectivity index (χ0) is 18.0. The van der Waals surface area contributed by atoms with Gasteiger partial charge in [0.2, 0.25) is 0 Å². The van der Waals surface area contributed by atoms with E-state index in [0.29, 0.717) is 19.6 Å². The first kappa shape index (κ1) is 18.4. The topological polar surface area (TPSA) is 107 Å².